The fourth-order valence-electron chi connectivity index (χ4n) is 2.62. The Hall–Kier alpha value is -3.35. The van der Waals surface area contributed by atoms with Gasteiger partial charge >= 0.3 is 11.9 Å². The maximum Gasteiger partial charge on any atom is 0.338 e. The molecule has 0 atom stereocenters. The number of amides is 1. The third-order valence-corrected chi connectivity index (χ3v) is 4.16. The van der Waals surface area contributed by atoms with Crippen molar-refractivity contribution < 1.29 is 23.9 Å². The first kappa shape index (κ1) is 21.0. The first-order valence-corrected chi connectivity index (χ1v) is 8.98. The van der Waals surface area contributed by atoms with Crippen LogP contribution in [0.2, 0.25) is 0 Å². The number of esters is 2. The number of ether oxygens (including phenoxy) is 2. The van der Waals surface area contributed by atoms with E-state index in [0.29, 0.717) is 16.8 Å². The van der Waals surface area contributed by atoms with E-state index in [4.69, 9.17) is 4.74 Å². The van der Waals surface area contributed by atoms with Gasteiger partial charge in [0.25, 0.3) is 5.91 Å². The second-order valence-electron chi connectivity index (χ2n) is 5.91. The van der Waals surface area contributed by atoms with E-state index in [2.05, 4.69) is 28.8 Å². The van der Waals surface area contributed by atoms with Crippen molar-refractivity contribution in [3.63, 3.8) is 0 Å². The molecule has 2 aromatic carbocycles. The summed E-state index contributed by atoms with van der Waals surface area (Å²) in [5, 5.41) is 2.60. The van der Waals surface area contributed by atoms with Crippen molar-refractivity contribution in [2.45, 2.75) is 13.8 Å². The van der Waals surface area contributed by atoms with E-state index in [1.807, 2.05) is 12.1 Å². The molecule has 0 aliphatic heterocycles. The molecular formula is C21H24N2O5. The van der Waals surface area contributed by atoms with Crippen LogP contribution in [-0.2, 0) is 14.3 Å². The normalized spacial score (nSPS) is 10.1. The number of nitrogens with one attached hydrogen (secondary N) is 1. The first-order chi connectivity index (χ1) is 13.5. The van der Waals surface area contributed by atoms with Crippen LogP contribution in [0.25, 0.3) is 0 Å². The van der Waals surface area contributed by atoms with Gasteiger partial charge in [0, 0.05) is 24.5 Å². The number of nitrogens with zero attached hydrogens (tertiary/aromatic N) is 1. The summed E-state index contributed by atoms with van der Waals surface area (Å²) in [6.45, 7) is 5.47. The smallest absolute Gasteiger partial charge is 0.338 e. The third-order valence-electron chi connectivity index (χ3n) is 4.16. The van der Waals surface area contributed by atoms with Crippen molar-refractivity contribution in [2.75, 3.05) is 37.0 Å². The fourth-order valence-corrected chi connectivity index (χ4v) is 2.62. The summed E-state index contributed by atoms with van der Waals surface area (Å²) >= 11 is 0. The summed E-state index contributed by atoms with van der Waals surface area (Å²) in [6, 6.07) is 13.3. The largest absolute Gasteiger partial charge is 0.465 e. The van der Waals surface area contributed by atoms with Crippen LogP contribution in [-0.4, -0.2) is 44.7 Å². The van der Waals surface area contributed by atoms with Crippen molar-refractivity contribution in [3.05, 3.63) is 59.7 Å². The highest BCUT2D eigenvalue weighted by atomic mass is 16.5. The van der Waals surface area contributed by atoms with Crippen molar-refractivity contribution >= 4 is 29.2 Å². The maximum atomic E-state index is 12.1. The molecule has 0 radical (unpaired) electrons. The molecule has 0 aliphatic rings. The Kier molecular flexibility index (Phi) is 7.56. The molecule has 0 aromatic heterocycles. The molecule has 0 bridgehead atoms. The van der Waals surface area contributed by atoms with E-state index in [-0.39, 0.29) is 0 Å². The summed E-state index contributed by atoms with van der Waals surface area (Å²) in [7, 11) is 1.30. The van der Waals surface area contributed by atoms with Gasteiger partial charge in [-0.15, -0.1) is 0 Å². The van der Waals surface area contributed by atoms with E-state index in [0.717, 1.165) is 18.8 Å². The molecule has 2 aromatic rings. The summed E-state index contributed by atoms with van der Waals surface area (Å²) in [4.78, 5) is 37.6. The van der Waals surface area contributed by atoms with E-state index >= 15 is 0 Å². The Morgan fingerprint density at radius 3 is 1.93 bits per heavy atom. The highest BCUT2D eigenvalue weighted by Crippen LogP contribution is 2.15. The Bertz CT molecular complexity index is 812. The topological polar surface area (TPSA) is 84.9 Å². The molecule has 0 heterocycles. The van der Waals surface area contributed by atoms with Gasteiger partial charge in [-0.3, -0.25) is 4.79 Å². The van der Waals surface area contributed by atoms with Crippen LogP contribution in [0, 0.1) is 0 Å². The molecule has 0 spiro atoms. The van der Waals surface area contributed by atoms with Crippen LogP contribution in [0.4, 0.5) is 11.4 Å². The maximum absolute atomic E-state index is 12.1. The number of carbonyl (C=O) groups is 3. The van der Waals surface area contributed by atoms with Gasteiger partial charge in [0.15, 0.2) is 6.61 Å². The first-order valence-electron chi connectivity index (χ1n) is 8.98. The lowest BCUT2D eigenvalue weighted by molar-refractivity contribution is -0.119. The molecule has 0 saturated heterocycles. The standard InChI is InChI=1S/C21H24N2O5/c1-4-23(5-2)18-12-8-16(9-13-18)21(26)28-14-19(24)22-17-10-6-15(7-11-17)20(25)27-3/h6-13H,4-5,14H2,1-3H3,(H,22,24). The molecule has 1 N–H and O–H groups in total. The second kappa shape index (κ2) is 10.1. The minimum Gasteiger partial charge on any atom is -0.465 e. The number of benzene rings is 2. The number of rotatable bonds is 8. The van der Waals surface area contributed by atoms with Crippen molar-refractivity contribution in [2.24, 2.45) is 0 Å². The summed E-state index contributed by atoms with van der Waals surface area (Å²) in [6.07, 6.45) is 0. The van der Waals surface area contributed by atoms with Crippen molar-refractivity contribution in [1.29, 1.82) is 0 Å². The number of hydrogen-bond donors (Lipinski definition) is 1. The van der Waals surface area contributed by atoms with Crippen LogP contribution >= 0.6 is 0 Å². The SMILES string of the molecule is CCN(CC)c1ccc(C(=O)OCC(=O)Nc2ccc(C(=O)OC)cc2)cc1. The highest BCUT2D eigenvalue weighted by Gasteiger charge is 2.12. The van der Waals surface area contributed by atoms with Crippen LogP contribution in [0.3, 0.4) is 0 Å². The average molecular weight is 384 g/mol. The van der Waals surface area contributed by atoms with Gasteiger partial charge in [0.2, 0.25) is 0 Å². The second-order valence-corrected chi connectivity index (χ2v) is 5.91. The zero-order valence-electron chi connectivity index (χ0n) is 16.2. The van der Waals surface area contributed by atoms with Gasteiger partial charge in [0.05, 0.1) is 18.2 Å². The number of methoxy groups -OCH3 is 1. The van der Waals surface area contributed by atoms with E-state index in [1.165, 1.54) is 19.2 Å². The van der Waals surface area contributed by atoms with Gasteiger partial charge < -0.3 is 19.7 Å². The predicted molar refractivity (Wildman–Crippen MR) is 107 cm³/mol. The van der Waals surface area contributed by atoms with Gasteiger partial charge in [-0.25, -0.2) is 9.59 Å². The summed E-state index contributed by atoms with van der Waals surface area (Å²) in [5.41, 5.74) is 2.26. The summed E-state index contributed by atoms with van der Waals surface area (Å²) in [5.74, 6) is -1.50. The van der Waals surface area contributed by atoms with Crippen LogP contribution in [0.5, 0.6) is 0 Å². The van der Waals surface area contributed by atoms with Gasteiger partial charge in [-0.05, 0) is 62.4 Å². The molecule has 0 unspecified atom stereocenters. The molecule has 28 heavy (non-hydrogen) atoms. The van der Waals surface area contributed by atoms with Crippen LogP contribution < -0.4 is 10.2 Å². The quantitative estimate of drug-likeness (QED) is 0.704. The Morgan fingerprint density at radius 2 is 1.39 bits per heavy atom. The number of hydrogen-bond acceptors (Lipinski definition) is 6. The molecule has 2 rings (SSSR count). The predicted octanol–water partition coefficient (Wildman–Crippen LogP) is 3.11. The Morgan fingerprint density at radius 1 is 0.857 bits per heavy atom. The summed E-state index contributed by atoms with van der Waals surface area (Å²) < 4.78 is 9.67. The minimum atomic E-state index is -0.567. The van der Waals surface area contributed by atoms with E-state index < -0.39 is 24.5 Å². The molecule has 0 aliphatic carbocycles. The molecular weight excluding hydrogens is 360 g/mol. The van der Waals surface area contributed by atoms with Crippen LogP contribution in [0.15, 0.2) is 48.5 Å². The number of anilines is 2. The zero-order chi connectivity index (χ0) is 20.5. The van der Waals surface area contributed by atoms with Gasteiger partial charge in [-0.1, -0.05) is 0 Å². The number of carbonyl (C=O) groups excluding carboxylic acids is 3. The monoisotopic (exact) mass is 384 g/mol. The highest BCUT2D eigenvalue weighted by molar-refractivity contribution is 5.96. The van der Waals surface area contributed by atoms with Gasteiger partial charge in [0.1, 0.15) is 0 Å². The lowest BCUT2D eigenvalue weighted by Gasteiger charge is -2.20. The zero-order valence-corrected chi connectivity index (χ0v) is 16.2. The molecule has 7 nitrogen and oxygen atoms in total. The molecule has 1 amide bonds. The third kappa shape index (κ3) is 5.57. The van der Waals surface area contributed by atoms with Gasteiger partial charge in [-0.2, -0.15) is 0 Å². The minimum absolute atomic E-state index is 0.375. The molecule has 0 fully saturated rings. The lowest BCUT2D eigenvalue weighted by atomic mass is 10.2. The lowest BCUT2D eigenvalue weighted by Crippen LogP contribution is -2.22. The fraction of sp³-hybridized carbons (Fsp3) is 0.286. The molecule has 148 valence electrons. The van der Waals surface area contributed by atoms with Crippen molar-refractivity contribution in [3.8, 4) is 0 Å². The molecule has 7 heteroatoms. The molecule has 0 saturated carbocycles. The van der Waals surface area contributed by atoms with Crippen molar-refractivity contribution in [1.82, 2.24) is 0 Å². The Labute approximate surface area is 164 Å². The average Bonchev–Trinajstić information content (AvgIpc) is 2.73. The Balaban J connectivity index is 1.86. The van der Waals surface area contributed by atoms with E-state index in [9.17, 15) is 14.4 Å². The van der Waals surface area contributed by atoms with E-state index in [1.54, 1.807) is 24.3 Å². The van der Waals surface area contributed by atoms with Crippen LogP contribution in [0.1, 0.15) is 34.6 Å².